The quantitative estimate of drug-likeness (QED) is 0.835. The van der Waals surface area contributed by atoms with E-state index >= 15 is 0 Å². The van der Waals surface area contributed by atoms with Crippen molar-refractivity contribution in [2.45, 2.75) is 51.7 Å². The van der Waals surface area contributed by atoms with Crippen LogP contribution in [-0.4, -0.2) is 56.0 Å². The van der Waals surface area contributed by atoms with E-state index in [0.29, 0.717) is 6.04 Å². The Balaban J connectivity index is 1.65. The van der Waals surface area contributed by atoms with Crippen molar-refractivity contribution < 1.29 is 0 Å². The van der Waals surface area contributed by atoms with E-state index in [1.807, 2.05) is 16.8 Å². The molecule has 0 aliphatic carbocycles. The van der Waals surface area contributed by atoms with Gasteiger partial charge in [0.25, 0.3) is 0 Å². The van der Waals surface area contributed by atoms with Gasteiger partial charge in [-0.1, -0.05) is 0 Å². The molecule has 2 aromatic rings. The second kappa shape index (κ2) is 6.84. The highest BCUT2D eigenvalue weighted by Gasteiger charge is 2.27. The van der Waals surface area contributed by atoms with Gasteiger partial charge in [-0.25, -0.2) is 9.67 Å². The van der Waals surface area contributed by atoms with Gasteiger partial charge in [0.05, 0.1) is 12.1 Å². The molecule has 130 valence electrons. The van der Waals surface area contributed by atoms with Crippen LogP contribution >= 0.6 is 0 Å². The number of aromatic nitrogens is 5. The molecule has 0 saturated carbocycles. The first-order valence-electron chi connectivity index (χ1n) is 8.57. The van der Waals surface area contributed by atoms with Gasteiger partial charge in [0.1, 0.15) is 12.2 Å². The lowest BCUT2D eigenvalue weighted by Crippen LogP contribution is -2.40. The van der Waals surface area contributed by atoms with Gasteiger partial charge in [0.15, 0.2) is 5.82 Å². The van der Waals surface area contributed by atoms with Gasteiger partial charge in [-0.15, -0.1) is 5.10 Å². The smallest absolute Gasteiger partial charge is 0.151 e. The van der Waals surface area contributed by atoms with Crippen LogP contribution in [0.15, 0.2) is 24.7 Å². The van der Waals surface area contributed by atoms with E-state index in [-0.39, 0.29) is 5.54 Å². The van der Waals surface area contributed by atoms with Crippen molar-refractivity contribution in [1.29, 1.82) is 0 Å². The summed E-state index contributed by atoms with van der Waals surface area (Å²) >= 11 is 0. The molecule has 1 aliphatic rings. The van der Waals surface area contributed by atoms with Gasteiger partial charge in [0.2, 0.25) is 0 Å². The molecule has 0 bridgehead atoms. The highest BCUT2D eigenvalue weighted by molar-refractivity contribution is 5.39. The molecule has 0 spiro atoms. The molecule has 24 heavy (non-hydrogen) atoms. The van der Waals surface area contributed by atoms with Crippen molar-refractivity contribution in [1.82, 2.24) is 29.9 Å². The summed E-state index contributed by atoms with van der Waals surface area (Å²) in [5.74, 6) is 1.99. The molecular weight excluding hydrogens is 302 g/mol. The zero-order valence-electron chi connectivity index (χ0n) is 15.1. The SMILES string of the molecule is CN(Cc1ncnn1C(C)(C)C)CC1CCCN1c1cccnn1. The highest BCUT2D eigenvalue weighted by Crippen LogP contribution is 2.24. The fraction of sp³-hybridized carbons (Fsp3) is 0.647. The molecule has 1 atom stereocenters. The third kappa shape index (κ3) is 3.72. The summed E-state index contributed by atoms with van der Waals surface area (Å²) in [6, 6.07) is 4.46. The Labute approximate surface area is 143 Å². The number of hydrogen-bond donors (Lipinski definition) is 0. The van der Waals surface area contributed by atoms with Gasteiger partial charge in [0, 0.05) is 25.3 Å². The number of hydrogen-bond acceptors (Lipinski definition) is 6. The van der Waals surface area contributed by atoms with Crippen LogP contribution in [0.5, 0.6) is 0 Å². The zero-order valence-corrected chi connectivity index (χ0v) is 15.1. The molecule has 1 saturated heterocycles. The lowest BCUT2D eigenvalue weighted by molar-refractivity contribution is 0.267. The maximum atomic E-state index is 4.45. The minimum atomic E-state index is -0.0499. The predicted molar refractivity (Wildman–Crippen MR) is 93.8 cm³/mol. The Morgan fingerprint density at radius 2 is 2.17 bits per heavy atom. The van der Waals surface area contributed by atoms with Crippen LogP contribution in [-0.2, 0) is 12.1 Å². The largest absolute Gasteiger partial charge is 0.351 e. The average Bonchev–Trinajstić information content (AvgIpc) is 3.17. The maximum absolute atomic E-state index is 4.45. The molecule has 1 fully saturated rings. The van der Waals surface area contributed by atoms with Crippen LogP contribution < -0.4 is 4.90 Å². The molecule has 0 aromatic carbocycles. The van der Waals surface area contributed by atoms with Crippen LogP contribution in [0.3, 0.4) is 0 Å². The summed E-state index contributed by atoms with van der Waals surface area (Å²) in [7, 11) is 2.15. The Morgan fingerprint density at radius 1 is 1.33 bits per heavy atom. The molecule has 3 rings (SSSR count). The van der Waals surface area contributed by atoms with Gasteiger partial charge < -0.3 is 4.90 Å². The first-order valence-corrected chi connectivity index (χ1v) is 8.57. The first kappa shape index (κ1) is 16.8. The number of nitrogens with zero attached hydrogens (tertiary/aromatic N) is 7. The van der Waals surface area contributed by atoms with Gasteiger partial charge in [-0.3, -0.25) is 4.90 Å². The van der Waals surface area contributed by atoms with Crippen LogP contribution in [0.1, 0.15) is 39.4 Å². The molecule has 1 aliphatic heterocycles. The monoisotopic (exact) mass is 329 g/mol. The lowest BCUT2D eigenvalue weighted by atomic mass is 10.1. The third-order valence-corrected chi connectivity index (χ3v) is 4.42. The Hall–Kier alpha value is -2.02. The summed E-state index contributed by atoms with van der Waals surface area (Å²) in [5, 5.41) is 12.7. The summed E-state index contributed by atoms with van der Waals surface area (Å²) in [4.78, 5) is 9.15. The van der Waals surface area contributed by atoms with Crippen molar-refractivity contribution in [3.8, 4) is 0 Å². The molecule has 7 heteroatoms. The van der Waals surface area contributed by atoms with Crippen molar-refractivity contribution in [2.75, 3.05) is 25.0 Å². The molecule has 7 nitrogen and oxygen atoms in total. The summed E-state index contributed by atoms with van der Waals surface area (Å²) in [6.45, 7) is 9.28. The fourth-order valence-electron chi connectivity index (χ4n) is 3.37. The molecule has 0 N–H and O–H groups in total. The average molecular weight is 329 g/mol. The van der Waals surface area contributed by atoms with Crippen molar-refractivity contribution in [2.24, 2.45) is 0 Å². The van der Waals surface area contributed by atoms with Crippen molar-refractivity contribution in [3.63, 3.8) is 0 Å². The van der Waals surface area contributed by atoms with E-state index in [1.165, 1.54) is 12.8 Å². The fourth-order valence-corrected chi connectivity index (χ4v) is 3.37. The third-order valence-electron chi connectivity index (χ3n) is 4.42. The van der Waals surface area contributed by atoms with Crippen molar-refractivity contribution >= 4 is 5.82 Å². The standard InChI is InChI=1S/C17H27N7/c1-17(2,3)24-16(18-13-20-24)12-22(4)11-14-7-6-10-23(14)15-8-5-9-19-21-15/h5,8-9,13-14H,6-7,10-12H2,1-4H3. The normalized spacial score (nSPS) is 18.5. The van der Waals surface area contributed by atoms with Crippen LogP contribution in [0.4, 0.5) is 5.82 Å². The molecule has 3 heterocycles. The Kier molecular flexibility index (Phi) is 4.80. The maximum Gasteiger partial charge on any atom is 0.151 e. The van der Waals surface area contributed by atoms with E-state index < -0.39 is 0 Å². The van der Waals surface area contributed by atoms with Gasteiger partial charge in [-0.2, -0.15) is 10.2 Å². The minimum Gasteiger partial charge on any atom is -0.351 e. The Bertz CT molecular complexity index is 646. The van der Waals surface area contributed by atoms with E-state index in [4.69, 9.17) is 0 Å². The zero-order chi connectivity index (χ0) is 17.2. The summed E-state index contributed by atoms with van der Waals surface area (Å²) < 4.78 is 2.01. The second-order valence-electron chi connectivity index (χ2n) is 7.53. The van der Waals surface area contributed by atoms with Crippen LogP contribution in [0, 0.1) is 0 Å². The first-order chi connectivity index (χ1) is 11.4. The molecule has 2 aromatic heterocycles. The number of rotatable bonds is 5. The Morgan fingerprint density at radius 3 is 2.88 bits per heavy atom. The van der Waals surface area contributed by atoms with E-state index in [9.17, 15) is 0 Å². The van der Waals surface area contributed by atoms with E-state index in [2.05, 4.69) is 57.9 Å². The molecule has 0 radical (unpaired) electrons. The van der Waals surface area contributed by atoms with Gasteiger partial charge in [-0.05, 0) is 52.8 Å². The highest BCUT2D eigenvalue weighted by atomic mass is 15.4. The lowest BCUT2D eigenvalue weighted by Gasteiger charge is -2.29. The summed E-state index contributed by atoms with van der Waals surface area (Å²) in [6.07, 6.45) is 5.76. The number of likely N-dealkylation sites (N-methyl/N-ethyl adjacent to an activating group) is 1. The predicted octanol–water partition coefficient (Wildman–Crippen LogP) is 1.92. The summed E-state index contributed by atoms with van der Waals surface area (Å²) in [5.41, 5.74) is -0.0499. The van der Waals surface area contributed by atoms with Crippen LogP contribution in [0.2, 0.25) is 0 Å². The molecule has 0 amide bonds. The van der Waals surface area contributed by atoms with Gasteiger partial charge >= 0.3 is 0 Å². The molecule has 1 unspecified atom stereocenters. The second-order valence-corrected chi connectivity index (χ2v) is 7.53. The topological polar surface area (TPSA) is 63.0 Å². The molecular formula is C17H27N7. The van der Waals surface area contributed by atoms with E-state index in [1.54, 1.807) is 12.5 Å². The van der Waals surface area contributed by atoms with E-state index in [0.717, 1.165) is 31.3 Å². The van der Waals surface area contributed by atoms with Crippen LogP contribution in [0.25, 0.3) is 0 Å². The van der Waals surface area contributed by atoms with Crippen molar-refractivity contribution in [3.05, 3.63) is 30.5 Å². The number of anilines is 1. The minimum absolute atomic E-state index is 0.0499.